The zero-order chi connectivity index (χ0) is 24.9. The smallest absolute Gasteiger partial charge is 0.339 e. The fourth-order valence-corrected chi connectivity index (χ4v) is 4.18. The van der Waals surface area contributed by atoms with Gasteiger partial charge in [-0.05, 0) is 49.6 Å². The van der Waals surface area contributed by atoms with Crippen molar-refractivity contribution in [3.63, 3.8) is 0 Å². The van der Waals surface area contributed by atoms with E-state index >= 15 is 0 Å². The van der Waals surface area contributed by atoms with E-state index in [-0.39, 0.29) is 25.3 Å². The number of hydrogen-bond acceptors (Lipinski definition) is 7. The highest BCUT2D eigenvalue weighted by Crippen LogP contribution is 2.27. The van der Waals surface area contributed by atoms with Crippen LogP contribution in [0.2, 0.25) is 5.02 Å². The van der Waals surface area contributed by atoms with Crippen LogP contribution in [0.5, 0.6) is 5.75 Å². The monoisotopic (exact) mass is 495 g/mol. The summed E-state index contributed by atoms with van der Waals surface area (Å²) in [6.07, 6.45) is 1.18. The Hall–Kier alpha value is -3.65. The molecule has 2 aromatic heterocycles. The van der Waals surface area contributed by atoms with Gasteiger partial charge in [0.15, 0.2) is 0 Å². The van der Waals surface area contributed by atoms with Gasteiger partial charge in [0.25, 0.3) is 0 Å². The van der Waals surface area contributed by atoms with Gasteiger partial charge in [0.05, 0.1) is 24.2 Å². The summed E-state index contributed by atoms with van der Waals surface area (Å²) in [5.41, 5.74) is 1.94. The third-order valence-corrected chi connectivity index (χ3v) is 6.16. The second-order valence-electron chi connectivity index (χ2n) is 8.15. The van der Waals surface area contributed by atoms with E-state index in [2.05, 4.69) is 10.2 Å². The molecule has 9 heteroatoms. The first-order valence-electron chi connectivity index (χ1n) is 11.4. The van der Waals surface area contributed by atoms with Crippen molar-refractivity contribution in [1.29, 1.82) is 0 Å². The third-order valence-electron chi connectivity index (χ3n) is 5.83. The van der Waals surface area contributed by atoms with Gasteiger partial charge in [-0.2, -0.15) is 0 Å². The zero-order valence-electron chi connectivity index (χ0n) is 19.8. The van der Waals surface area contributed by atoms with Crippen molar-refractivity contribution in [3.05, 3.63) is 74.9 Å². The van der Waals surface area contributed by atoms with E-state index in [1.807, 2.05) is 38.1 Å². The second-order valence-corrected chi connectivity index (χ2v) is 8.56. The molecule has 0 saturated carbocycles. The number of halogens is 1. The zero-order valence-corrected chi connectivity index (χ0v) is 20.6. The maximum absolute atomic E-state index is 13.1. The number of nitrogens with zero attached hydrogens (tertiary/aromatic N) is 3. The summed E-state index contributed by atoms with van der Waals surface area (Å²) in [4.78, 5) is 27.4. The molecule has 0 radical (unpaired) electrons. The molecule has 0 aliphatic carbocycles. The van der Waals surface area contributed by atoms with Gasteiger partial charge in [0, 0.05) is 30.0 Å². The SMILES string of the molecule is CCCN(Cc1nnc(-c2ccccc2Cl)o1)C(=O)CCc1c(C)c2ccc(OC)cc2oc1=O. The van der Waals surface area contributed by atoms with Crippen LogP contribution in [-0.4, -0.2) is 34.7 Å². The van der Waals surface area contributed by atoms with E-state index in [1.165, 1.54) is 0 Å². The van der Waals surface area contributed by atoms with Gasteiger partial charge >= 0.3 is 5.63 Å². The highest BCUT2D eigenvalue weighted by atomic mass is 35.5. The molecule has 182 valence electrons. The Bertz CT molecular complexity index is 1410. The average Bonchev–Trinajstić information content (AvgIpc) is 3.31. The molecular formula is C26H26ClN3O5. The summed E-state index contributed by atoms with van der Waals surface area (Å²) in [5.74, 6) is 1.11. The lowest BCUT2D eigenvalue weighted by molar-refractivity contribution is -0.132. The number of aromatic nitrogens is 2. The van der Waals surface area contributed by atoms with Crippen molar-refractivity contribution in [2.75, 3.05) is 13.7 Å². The molecule has 2 heterocycles. The predicted molar refractivity (Wildman–Crippen MR) is 133 cm³/mol. The van der Waals surface area contributed by atoms with Crippen LogP contribution in [0.15, 0.2) is 56.1 Å². The Morgan fingerprint density at radius 2 is 1.94 bits per heavy atom. The van der Waals surface area contributed by atoms with Crippen molar-refractivity contribution < 1.29 is 18.4 Å². The molecule has 0 aliphatic heterocycles. The molecule has 0 saturated heterocycles. The molecule has 0 unspecified atom stereocenters. The van der Waals surface area contributed by atoms with E-state index < -0.39 is 5.63 Å². The lowest BCUT2D eigenvalue weighted by atomic mass is 10.0. The van der Waals surface area contributed by atoms with E-state index in [1.54, 1.807) is 30.2 Å². The highest BCUT2D eigenvalue weighted by molar-refractivity contribution is 6.33. The standard InChI is InChI=1S/C26H26ClN3O5/c1-4-13-30(15-23-28-29-25(35-23)20-7-5-6-8-21(20)27)24(31)12-11-19-16(2)18-10-9-17(33-3)14-22(18)34-26(19)32/h5-10,14H,4,11-13,15H2,1-3H3. The lowest BCUT2D eigenvalue weighted by Crippen LogP contribution is -2.32. The van der Waals surface area contributed by atoms with Crippen molar-refractivity contribution in [1.82, 2.24) is 15.1 Å². The molecule has 1 amide bonds. The largest absolute Gasteiger partial charge is 0.497 e. The molecular weight excluding hydrogens is 470 g/mol. The van der Waals surface area contributed by atoms with Gasteiger partial charge in [0.2, 0.25) is 17.7 Å². The van der Waals surface area contributed by atoms with Crippen molar-refractivity contribution in [2.24, 2.45) is 0 Å². The number of carbonyl (C=O) groups is 1. The summed E-state index contributed by atoms with van der Waals surface area (Å²) in [6.45, 7) is 4.55. The Morgan fingerprint density at radius 3 is 2.69 bits per heavy atom. The van der Waals surface area contributed by atoms with Gasteiger partial charge in [0.1, 0.15) is 11.3 Å². The van der Waals surface area contributed by atoms with Crippen LogP contribution in [0.25, 0.3) is 22.4 Å². The van der Waals surface area contributed by atoms with Crippen LogP contribution in [0.4, 0.5) is 0 Å². The van der Waals surface area contributed by atoms with Crippen molar-refractivity contribution in [2.45, 2.75) is 39.7 Å². The fourth-order valence-electron chi connectivity index (χ4n) is 3.97. The van der Waals surface area contributed by atoms with Gasteiger partial charge in [-0.15, -0.1) is 10.2 Å². The molecule has 0 atom stereocenters. The summed E-state index contributed by atoms with van der Waals surface area (Å²) in [7, 11) is 1.56. The number of carbonyl (C=O) groups excluding carboxylic acids is 1. The summed E-state index contributed by atoms with van der Waals surface area (Å²) in [6, 6.07) is 12.5. The normalized spacial score (nSPS) is 11.1. The number of benzene rings is 2. The number of methoxy groups -OCH3 is 1. The first-order chi connectivity index (χ1) is 16.9. The molecule has 0 N–H and O–H groups in total. The number of rotatable bonds is 9. The van der Waals surface area contributed by atoms with E-state index in [9.17, 15) is 9.59 Å². The molecule has 2 aromatic carbocycles. The molecule has 0 bridgehead atoms. The fraction of sp³-hybridized carbons (Fsp3) is 0.308. The first kappa shape index (κ1) is 24.5. The van der Waals surface area contributed by atoms with Crippen LogP contribution in [0, 0.1) is 6.92 Å². The summed E-state index contributed by atoms with van der Waals surface area (Å²) >= 11 is 6.22. The Labute approximate surface area is 207 Å². The third kappa shape index (κ3) is 5.38. The van der Waals surface area contributed by atoms with Gasteiger partial charge < -0.3 is 18.5 Å². The van der Waals surface area contributed by atoms with Crippen LogP contribution in [0.1, 0.15) is 36.8 Å². The quantitative estimate of drug-likeness (QED) is 0.295. The number of aryl methyl sites for hydroxylation is 1. The number of ether oxygens (including phenoxy) is 1. The Balaban J connectivity index is 1.49. The molecule has 0 fully saturated rings. The molecule has 0 aliphatic rings. The minimum atomic E-state index is -0.445. The highest BCUT2D eigenvalue weighted by Gasteiger charge is 2.20. The second kappa shape index (κ2) is 10.7. The van der Waals surface area contributed by atoms with Gasteiger partial charge in [-0.25, -0.2) is 4.79 Å². The number of hydrogen-bond donors (Lipinski definition) is 0. The Morgan fingerprint density at radius 1 is 1.14 bits per heavy atom. The van der Waals surface area contributed by atoms with E-state index in [0.29, 0.717) is 45.8 Å². The molecule has 4 aromatic rings. The van der Waals surface area contributed by atoms with Crippen molar-refractivity contribution >= 4 is 28.5 Å². The first-order valence-corrected chi connectivity index (χ1v) is 11.7. The maximum atomic E-state index is 13.1. The topological polar surface area (TPSA) is 98.7 Å². The van der Waals surface area contributed by atoms with Crippen LogP contribution in [0.3, 0.4) is 0 Å². The molecule has 0 spiro atoms. The molecule has 35 heavy (non-hydrogen) atoms. The average molecular weight is 496 g/mol. The minimum Gasteiger partial charge on any atom is -0.497 e. The van der Waals surface area contributed by atoms with Crippen LogP contribution >= 0.6 is 11.6 Å². The molecule has 4 rings (SSSR count). The predicted octanol–water partition coefficient (Wildman–Crippen LogP) is 5.18. The van der Waals surface area contributed by atoms with E-state index in [4.69, 9.17) is 25.2 Å². The minimum absolute atomic E-state index is 0.113. The van der Waals surface area contributed by atoms with Crippen LogP contribution < -0.4 is 10.4 Å². The van der Waals surface area contributed by atoms with Gasteiger partial charge in [-0.3, -0.25) is 4.79 Å². The van der Waals surface area contributed by atoms with Gasteiger partial charge in [-0.1, -0.05) is 30.7 Å². The lowest BCUT2D eigenvalue weighted by Gasteiger charge is -2.20. The number of fused-ring (bicyclic) bond motifs is 1. The maximum Gasteiger partial charge on any atom is 0.339 e. The molecule has 8 nitrogen and oxygen atoms in total. The summed E-state index contributed by atoms with van der Waals surface area (Å²) in [5, 5.41) is 9.49. The van der Waals surface area contributed by atoms with Crippen molar-refractivity contribution in [3.8, 4) is 17.2 Å². The summed E-state index contributed by atoms with van der Waals surface area (Å²) < 4.78 is 16.5. The Kier molecular flexibility index (Phi) is 7.51. The number of amides is 1. The van der Waals surface area contributed by atoms with Crippen LogP contribution in [-0.2, 0) is 17.8 Å². The van der Waals surface area contributed by atoms with E-state index in [0.717, 1.165) is 17.4 Å².